The summed E-state index contributed by atoms with van der Waals surface area (Å²) in [7, 11) is 1.63. The zero-order valence-corrected chi connectivity index (χ0v) is 12.2. The number of halogens is 2. The Kier molecular flexibility index (Phi) is 5.03. The van der Waals surface area contributed by atoms with Crippen LogP contribution in [0.3, 0.4) is 0 Å². The lowest BCUT2D eigenvalue weighted by Gasteiger charge is -2.10. The summed E-state index contributed by atoms with van der Waals surface area (Å²) in [4.78, 5) is 4.11. The number of benzene rings is 1. The molecule has 20 heavy (non-hydrogen) atoms. The molecule has 0 aliphatic heterocycles. The first-order chi connectivity index (χ1) is 9.63. The molecule has 0 bridgehead atoms. The molecule has 0 radical (unpaired) electrons. The highest BCUT2D eigenvalue weighted by atomic mass is 35.5. The van der Waals surface area contributed by atoms with Crippen molar-refractivity contribution in [2.45, 2.75) is 6.61 Å². The van der Waals surface area contributed by atoms with Crippen molar-refractivity contribution in [1.82, 2.24) is 4.98 Å². The molecule has 7 heteroatoms. The van der Waals surface area contributed by atoms with Crippen molar-refractivity contribution in [2.75, 3.05) is 12.5 Å². The van der Waals surface area contributed by atoms with E-state index in [1.807, 2.05) is 18.2 Å². The molecule has 0 aliphatic rings. The molecule has 3 N–H and O–H groups in total. The lowest BCUT2D eigenvalue weighted by Crippen LogP contribution is -2.09. The Labute approximate surface area is 126 Å². The lowest BCUT2D eigenvalue weighted by molar-refractivity contribution is 0.184. The van der Waals surface area contributed by atoms with E-state index in [4.69, 9.17) is 38.5 Å². The van der Waals surface area contributed by atoms with Crippen LogP contribution in [0.25, 0.3) is 0 Å². The van der Waals surface area contributed by atoms with E-state index in [9.17, 15) is 0 Å². The predicted molar refractivity (Wildman–Crippen MR) is 79.3 cm³/mol. The van der Waals surface area contributed by atoms with Crippen LogP contribution in [0.2, 0.25) is 10.0 Å². The number of methoxy groups -OCH3 is 1. The normalized spacial score (nSPS) is 10.4. The van der Waals surface area contributed by atoms with E-state index < -0.39 is 0 Å². The zero-order valence-electron chi connectivity index (χ0n) is 10.7. The van der Waals surface area contributed by atoms with Crippen LogP contribution in [0.4, 0.5) is 5.82 Å². The van der Waals surface area contributed by atoms with Crippen LogP contribution in [-0.4, -0.2) is 12.1 Å². The topological polar surface area (TPSA) is 69.4 Å². The van der Waals surface area contributed by atoms with E-state index in [0.29, 0.717) is 28.2 Å². The van der Waals surface area contributed by atoms with Gasteiger partial charge in [0.15, 0.2) is 5.82 Å². The number of nitrogens with one attached hydrogen (secondary N) is 1. The first-order valence-corrected chi connectivity index (χ1v) is 6.48. The zero-order chi connectivity index (χ0) is 14.5. The van der Waals surface area contributed by atoms with Crippen molar-refractivity contribution in [3.63, 3.8) is 0 Å². The average molecular weight is 314 g/mol. The number of aromatic nitrogens is 1. The molecule has 2 rings (SSSR count). The minimum Gasteiger partial charge on any atom is -0.437 e. The summed E-state index contributed by atoms with van der Waals surface area (Å²) in [6, 6.07) is 8.93. The fourth-order valence-electron chi connectivity index (χ4n) is 1.60. The van der Waals surface area contributed by atoms with Crippen molar-refractivity contribution in [1.29, 1.82) is 0 Å². The van der Waals surface area contributed by atoms with E-state index in [0.717, 1.165) is 5.56 Å². The number of nitrogen functional groups attached to an aromatic ring is 1. The summed E-state index contributed by atoms with van der Waals surface area (Å²) in [5.41, 5.74) is 3.36. The molecule has 0 amide bonds. The predicted octanol–water partition coefficient (Wildman–Crippen LogP) is 3.61. The summed E-state index contributed by atoms with van der Waals surface area (Å²) < 4.78 is 10.7. The van der Waals surface area contributed by atoms with E-state index >= 15 is 0 Å². The van der Waals surface area contributed by atoms with E-state index in [-0.39, 0.29) is 5.88 Å². The van der Waals surface area contributed by atoms with Gasteiger partial charge in [0.25, 0.3) is 0 Å². The molecule has 0 fully saturated rings. The van der Waals surface area contributed by atoms with Gasteiger partial charge in [0.05, 0.1) is 11.6 Å². The lowest BCUT2D eigenvalue weighted by atomic mass is 10.2. The number of nitrogens with two attached hydrogens (primary N) is 1. The van der Waals surface area contributed by atoms with Crippen LogP contribution >= 0.6 is 23.2 Å². The summed E-state index contributed by atoms with van der Waals surface area (Å²) >= 11 is 12.0. The van der Waals surface area contributed by atoms with Crippen LogP contribution < -0.4 is 16.0 Å². The molecular weight excluding hydrogens is 301 g/mol. The Morgan fingerprint density at radius 1 is 1.25 bits per heavy atom. The number of pyridine rings is 1. The third kappa shape index (κ3) is 3.52. The Morgan fingerprint density at radius 3 is 2.75 bits per heavy atom. The number of hydrogen-bond acceptors (Lipinski definition) is 5. The molecule has 2 aromatic rings. The first kappa shape index (κ1) is 14.9. The van der Waals surface area contributed by atoms with Gasteiger partial charge < -0.3 is 14.9 Å². The van der Waals surface area contributed by atoms with Gasteiger partial charge in [0.1, 0.15) is 10.8 Å². The van der Waals surface area contributed by atoms with Gasteiger partial charge in [-0.3, -0.25) is 0 Å². The van der Waals surface area contributed by atoms with Crippen LogP contribution in [0.1, 0.15) is 5.56 Å². The highest BCUT2D eigenvalue weighted by Crippen LogP contribution is 2.33. The van der Waals surface area contributed by atoms with Crippen molar-refractivity contribution >= 4 is 29.0 Å². The third-order valence-electron chi connectivity index (χ3n) is 2.46. The van der Waals surface area contributed by atoms with Gasteiger partial charge in [-0.2, -0.15) is 4.98 Å². The van der Waals surface area contributed by atoms with Gasteiger partial charge in [0, 0.05) is 7.11 Å². The van der Waals surface area contributed by atoms with Crippen LogP contribution in [0.5, 0.6) is 11.6 Å². The molecular formula is C13H13Cl2N3O2. The van der Waals surface area contributed by atoms with Gasteiger partial charge in [-0.05, 0) is 23.8 Å². The SMILES string of the molecule is COCc1cccc(Oc2nc(NN)c(Cl)cc2Cl)c1. The Bertz CT molecular complexity index is 608. The number of hydrogen-bond donors (Lipinski definition) is 2. The largest absolute Gasteiger partial charge is 0.437 e. The van der Waals surface area contributed by atoms with Gasteiger partial charge in [0.2, 0.25) is 5.88 Å². The summed E-state index contributed by atoms with van der Waals surface area (Å²) in [5.74, 6) is 6.42. The number of nitrogens with zero attached hydrogens (tertiary/aromatic N) is 1. The Morgan fingerprint density at radius 2 is 2.05 bits per heavy atom. The second kappa shape index (κ2) is 6.76. The monoisotopic (exact) mass is 313 g/mol. The Balaban J connectivity index is 2.27. The fraction of sp³-hybridized carbons (Fsp3) is 0.154. The summed E-state index contributed by atoms with van der Waals surface area (Å²) in [6.45, 7) is 0.495. The van der Waals surface area contributed by atoms with E-state index in [2.05, 4.69) is 10.4 Å². The van der Waals surface area contributed by atoms with Gasteiger partial charge in [-0.25, -0.2) is 5.84 Å². The molecule has 0 unspecified atom stereocenters. The maximum absolute atomic E-state index is 6.04. The maximum Gasteiger partial charge on any atom is 0.240 e. The Hall–Kier alpha value is -1.53. The second-order valence-corrected chi connectivity index (χ2v) is 4.75. The van der Waals surface area contributed by atoms with Gasteiger partial charge >= 0.3 is 0 Å². The molecule has 106 valence electrons. The number of rotatable bonds is 5. The van der Waals surface area contributed by atoms with Gasteiger partial charge in [-0.1, -0.05) is 35.3 Å². The number of hydrazine groups is 1. The molecule has 1 aromatic carbocycles. The average Bonchev–Trinajstić information content (AvgIpc) is 2.43. The van der Waals surface area contributed by atoms with Crippen LogP contribution in [0.15, 0.2) is 30.3 Å². The van der Waals surface area contributed by atoms with Gasteiger partial charge in [-0.15, -0.1) is 0 Å². The van der Waals surface area contributed by atoms with Crippen LogP contribution in [-0.2, 0) is 11.3 Å². The molecule has 0 saturated carbocycles. The van der Waals surface area contributed by atoms with Crippen molar-refractivity contribution in [2.24, 2.45) is 5.84 Å². The van der Waals surface area contributed by atoms with Crippen molar-refractivity contribution < 1.29 is 9.47 Å². The molecule has 0 aliphatic carbocycles. The third-order valence-corrected chi connectivity index (χ3v) is 3.02. The second-order valence-electron chi connectivity index (χ2n) is 3.93. The molecule has 1 heterocycles. The maximum atomic E-state index is 6.04. The number of ether oxygens (including phenoxy) is 2. The van der Waals surface area contributed by atoms with E-state index in [1.165, 1.54) is 6.07 Å². The minimum absolute atomic E-state index is 0.221. The van der Waals surface area contributed by atoms with Crippen molar-refractivity contribution in [3.8, 4) is 11.6 Å². The van der Waals surface area contributed by atoms with E-state index in [1.54, 1.807) is 13.2 Å². The minimum atomic E-state index is 0.221. The smallest absolute Gasteiger partial charge is 0.240 e. The fourth-order valence-corrected chi connectivity index (χ4v) is 2.05. The molecule has 5 nitrogen and oxygen atoms in total. The molecule has 1 aromatic heterocycles. The molecule has 0 saturated heterocycles. The highest BCUT2D eigenvalue weighted by molar-refractivity contribution is 6.36. The first-order valence-electron chi connectivity index (χ1n) is 5.72. The highest BCUT2D eigenvalue weighted by Gasteiger charge is 2.11. The summed E-state index contributed by atoms with van der Waals surface area (Å²) in [6.07, 6.45) is 0. The quantitative estimate of drug-likeness (QED) is 0.652. The van der Waals surface area contributed by atoms with Crippen molar-refractivity contribution in [3.05, 3.63) is 45.9 Å². The molecule has 0 spiro atoms. The standard InChI is InChI=1S/C13H13Cl2N3O2/c1-19-7-8-3-2-4-9(5-8)20-13-11(15)6-10(14)12(17-13)18-16/h2-6H,7,16H2,1H3,(H,17,18). The van der Waals surface area contributed by atoms with Crippen LogP contribution in [0, 0.1) is 0 Å². The number of anilines is 1. The summed E-state index contributed by atoms with van der Waals surface area (Å²) in [5, 5.41) is 0.615. The molecule has 0 atom stereocenters.